The van der Waals surface area contributed by atoms with Gasteiger partial charge in [0, 0.05) is 19.6 Å². The fourth-order valence-electron chi connectivity index (χ4n) is 2.78. The van der Waals surface area contributed by atoms with E-state index in [2.05, 4.69) is 18.0 Å². The summed E-state index contributed by atoms with van der Waals surface area (Å²) < 4.78 is 5.35. The lowest BCUT2D eigenvalue weighted by Gasteiger charge is -2.36. The zero-order valence-corrected chi connectivity index (χ0v) is 12.3. The van der Waals surface area contributed by atoms with E-state index >= 15 is 0 Å². The predicted molar refractivity (Wildman–Crippen MR) is 76.7 cm³/mol. The predicted octanol–water partition coefficient (Wildman–Crippen LogP) is 3.68. The largest absolute Gasteiger partial charge is 0.384 e. The lowest BCUT2D eigenvalue weighted by molar-refractivity contribution is 0.0867. The number of hydrogen-bond donors (Lipinski definition) is 0. The molecule has 0 amide bonds. The first kappa shape index (κ1) is 14.1. The molecule has 1 heterocycles. The molecule has 18 heavy (non-hydrogen) atoms. The van der Waals surface area contributed by atoms with E-state index in [1.54, 1.807) is 7.11 Å². The average Bonchev–Trinajstić information content (AvgIpc) is 2.34. The van der Waals surface area contributed by atoms with Gasteiger partial charge in [-0.05, 0) is 43.6 Å². The number of halogens is 2. The molecule has 0 bridgehead atoms. The Morgan fingerprint density at radius 3 is 2.78 bits per heavy atom. The third kappa shape index (κ3) is 3.18. The number of nitrogens with zero attached hydrogens (tertiary/aromatic N) is 1. The SMILES string of the molecule is COC[C@@H]1CN(C)CC[C@@H]1c1ccc(Cl)c(Cl)c1. The van der Waals surface area contributed by atoms with Crippen molar-refractivity contribution < 1.29 is 4.74 Å². The number of benzene rings is 1. The van der Waals surface area contributed by atoms with Crippen molar-refractivity contribution in [1.82, 2.24) is 4.90 Å². The van der Waals surface area contributed by atoms with E-state index in [0.29, 0.717) is 21.9 Å². The molecule has 1 aliphatic rings. The first-order valence-electron chi connectivity index (χ1n) is 6.24. The first-order chi connectivity index (χ1) is 8.61. The minimum absolute atomic E-state index is 0.510. The lowest BCUT2D eigenvalue weighted by Crippen LogP contribution is -2.39. The third-order valence-electron chi connectivity index (χ3n) is 3.69. The molecule has 0 spiro atoms. The molecule has 100 valence electrons. The molecular weight excluding hydrogens is 269 g/mol. The van der Waals surface area contributed by atoms with Crippen LogP contribution in [0.1, 0.15) is 17.9 Å². The van der Waals surface area contributed by atoms with Crippen molar-refractivity contribution in [2.75, 3.05) is 33.9 Å². The highest BCUT2D eigenvalue weighted by Gasteiger charge is 2.29. The highest BCUT2D eigenvalue weighted by molar-refractivity contribution is 6.42. The minimum atomic E-state index is 0.510. The third-order valence-corrected chi connectivity index (χ3v) is 4.43. The Labute approximate surface area is 119 Å². The van der Waals surface area contributed by atoms with Gasteiger partial charge in [0.15, 0.2) is 0 Å². The number of methoxy groups -OCH3 is 1. The van der Waals surface area contributed by atoms with Crippen LogP contribution in [0.15, 0.2) is 18.2 Å². The van der Waals surface area contributed by atoms with E-state index in [-0.39, 0.29) is 0 Å². The van der Waals surface area contributed by atoms with E-state index in [0.717, 1.165) is 26.1 Å². The number of rotatable bonds is 3. The number of piperidine rings is 1. The summed E-state index contributed by atoms with van der Waals surface area (Å²) in [6, 6.07) is 5.98. The standard InChI is InChI=1S/C14H19Cl2NO/c1-17-6-5-12(11(8-17)9-18-2)10-3-4-13(15)14(16)7-10/h3-4,7,11-12H,5-6,8-9H2,1-2H3/t11-,12+/m0/s1. The number of hydrogen-bond acceptors (Lipinski definition) is 2. The van der Waals surface area contributed by atoms with Crippen LogP contribution in [-0.4, -0.2) is 38.8 Å². The van der Waals surface area contributed by atoms with E-state index in [4.69, 9.17) is 27.9 Å². The summed E-state index contributed by atoms with van der Waals surface area (Å²) in [7, 11) is 3.92. The van der Waals surface area contributed by atoms with Crippen LogP contribution in [0, 0.1) is 5.92 Å². The van der Waals surface area contributed by atoms with Crippen molar-refractivity contribution >= 4 is 23.2 Å². The van der Waals surface area contributed by atoms with Crippen molar-refractivity contribution in [2.24, 2.45) is 5.92 Å². The highest BCUT2D eigenvalue weighted by Crippen LogP contribution is 2.35. The van der Waals surface area contributed by atoms with Gasteiger partial charge in [-0.1, -0.05) is 29.3 Å². The summed E-state index contributed by atoms with van der Waals surface area (Å²) in [5.74, 6) is 1.03. The van der Waals surface area contributed by atoms with E-state index < -0.39 is 0 Å². The molecule has 0 unspecified atom stereocenters. The number of likely N-dealkylation sites (tertiary alicyclic amines) is 1. The normalized spacial score (nSPS) is 25.3. The molecule has 1 aromatic rings. The molecule has 1 aliphatic heterocycles. The van der Waals surface area contributed by atoms with Gasteiger partial charge in [-0.3, -0.25) is 0 Å². The minimum Gasteiger partial charge on any atom is -0.384 e. The fraction of sp³-hybridized carbons (Fsp3) is 0.571. The van der Waals surface area contributed by atoms with Crippen LogP contribution in [0.4, 0.5) is 0 Å². The Bertz CT molecular complexity index is 411. The van der Waals surface area contributed by atoms with Crippen LogP contribution in [0.25, 0.3) is 0 Å². The van der Waals surface area contributed by atoms with Gasteiger partial charge in [0.1, 0.15) is 0 Å². The van der Waals surface area contributed by atoms with E-state index in [9.17, 15) is 0 Å². The first-order valence-corrected chi connectivity index (χ1v) is 7.00. The van der Waals surface area contributed by atoms with Gasteiger partial charge in [0.05, 0.1) is 16.7 Å². The summed E-state index contributed by atoms with van der Waals surface area (Å²) in [4.78, 5) is 2.36. The second-order valence-corrected chi connectivity index (χ2v) is 5.86. The Hall–Kier alpha value is -0.280. The second kappa shape index (κ2) is 6.25. The average molecular weight is 288 g/mol. The molecule has 1 saturated heterocycles. The van der Waals surface area contributed by atoms with Crippen molar-refractivity contribution in [3.63, 3.8) is 0 Å². The van der Waals surface area contributed by atoms with Crippen LogP contribution in [-0.2, 0) is 4.74 Å². The molecule has 0 radical (unpaired) electrons. The van der Waals surface area contributed by atoms with Gasteiger partial charge in [-0.25, -0.2) is 0 Å². The lowest BCUT2D eigenvalue weighted by atomic mass is 9.81. The van der Waals surface area contributed by atoms with Gasteiger partial charge >= 0.3 is 0 Å². The summed E-state index contributed by atoms with van der Waals surface area (Å²) in [5, 5.41) is 1.26. The molecule has 2 atom stereocenters. The summed E-state index contributed by atoms with van der Waals surface area (Å²) in [6.45, 7) is 2.97. The highest BCUT2D eigenvalue weighted by atomic mass is 35.5. The van der Waals surface area contributed by atoms with Gasteiger partial charge in [-0.15, -0.1) is 0 Å². The summed E-state index contributed by atoms with van der Waals surface area (Å²) in [5.41, 5.74) is 1.28. The smallest absolute Gasteiger partial charge is 0.0595 e. The van der Waals surface area contributed by atoms with E-state index in [1.165, 1.54) is 5.56 Å². The summed E-state index contributed by atoms with van der Waals surface area (Å²) >= 11 is 12.1. The molecule has 1 aromatic carbocycles. The Balaban J connectivity index is 2.20. The molecule has 1 fully saturated rings. The van der Waals surface area contributed by atoms with Crippen molar-refractivity contribution in [1.29, 1.82) is 0 Å². The quantitative estimate of drug-likeness (QED) is 0.841. The number of ether oxygens (including phenoxy) is 1. The molecule has 2 rings (SSSR count). The van der Waals surface area contributed by atoms with E-state index in [1.807, 2.05) is 12.1 Å². The van der Waals surface area contributed by atoms with Crippen molar-refractivity contribution in [2.45, 2.75) is 12.3 Å². The zero-order valence-electron chi connectivity index (χ0n) is 10.8. The van der Waals surface area contributed by atoms with Gasteiger partial charge in [0.25, 0.3) is 0 Å². The van der Waals surface area contributed by atoms with Crippen molar-refractivity contribution in [3.05, 3.63) is 33.8 Å². The molecule has 0 aliphatic carbocycles. The fourth-order valence-corrected chi connectivity index (χ4v) is 3.09. The van der Waals surface area contributed by atoms with Gasteiger partial charge in [-0.2, -0.15) is 0 Å². The molecule has 2 nitrogen and oxygen atoms in total. The maximum atomic E-state index is 6.11. The zero-order chi connectivity index (χ0) is 13.1. The van der Waals surface area contributed by atoms with Crippen LogP contribution in [0.2, 0.25) is 10.0 Å². The van der Waals surface area contributed by atoms with Crippen LogP contribution >= 0.6 is 23.2 Å². The summed E-state index contributed by atoms with van der Waals surface area (Å²) in [6.07, 6.45) is 1.14. The molecule has 0 N–H and O–H groups in total. The van der Waals surface area contributed by atoms with Crippen molar-refractivity contribution in [3.8, 4) is 0 Å². The molecular formula is C14H19Cl2NO. The maximum absolute atomic E-state index is 6.11. The molecule has 0 saturated carbocycles. The van der Waals surface area contributed by atoms with Gasteiger partial charge in [0.2, 0.25) is 0 Å². The molecule has 4 heteroatoms. The Morgan fingerprint density at radius 1 is 1.33 bits per heavy atom. The second-order valence-electron chi connectivity index (χ2n) is 5.05. The topological polar surface area (TPSA) is 12.5 Å². The van der Waals surface area contributed by atoms with Gasteiger partial charge < -0.3 is 9.64 Å². The Morgan fingerprint density at radius 2 is 2.11 bits per heavy atom. The van der Waals surface area contributed by atoms with Crippen LogP contribution in [0.3, 0.4) is 0 Å². The maximum Gasteiger partial charge on any atom is 0.0595 e. The van der Waals surface area contributed by atoms with Crippen LogP contribution < -0.4 is 0 Å². The molecule has 0 aromatic heterocycles. The Kier molecular flexibility index (Phi) is 4.91. The monoisotopic (exact) mass is 287 g/mol. The van der Waals surface area contributed by atoms with Crippen LogP contribution in [0.5, 0.6) is 0 Å².